The third-order valence-corrected chi connectivity index (χ3v) is 3.47. The van der Waals surface area contributed by atoms with Gasteiger partial charge in [-0.2, -0.15) is 8.42 Å². The zero-order valence-electron chi connectivity index (χ0n) is 9.71. The molecule has 1 aromatic heterocycles. The molecule has 102 valence electrons. The average molecular weight is 295 g/mol. The molecule has 1 aromatic rings. The second-order valence-electron chi connectivity index (χ2n) is 3.18. The van der Waals surface area contributed by atoms with Crippen molar-refractivity contribution in [1.82, 2.24) is 9.71 Å². The molecule has 1 unspecified atom stereocenters. The van der Waals surface area contributed by atoms with Gasteiger partial charge in [-0.1, -0.05) is 0 Å². The van der Waals surface area contributed by atoms with E-state index >= 15 is 0 Å². The summed E-state index contributed by atoms with van der Waals surface area (Å²) in [5, 5.41) is 10.8. The molecule has 0 saturated heterocycles. The Balaban J connectivity index is 2.67. The van der Waals surface area contributed by atoms with Crippen LogP contribution in [0, 0.1) is 0 Å². The molecule has 8 nitrogen and oxygen atoms in total. The number of ether oxygens (including phenoxy) is 1. The Morgan fingerprint density at radius 1 is 1.67 bits per heavy atom. The fourth-order valence-corrected chi connectivity index (χ4v) is 2.70. The third kappa shape index (κ3) is 4.47. The van der Waals surface area contributed by atoms with Gasteiger partial charge in [-0.15, -0.1) is 11.3 Å². The van der Waals surface area contributed by atoms with E-state index in [-0.39, 0.29) is 11.7 Å². The van der Waals surface area contributed by atoms with Crippen molar-refractivity contribution in [2.24, 2.45) is 0 Å². The number of nitrogens with zero attached hydrogens (tertiary/aromatic N) is 1. The first-order valence-electron chi connectivity index (χ1n) is 4.95. The Kier molecular flexibility index (Phi) is 4.87. The van der Waals surface area contributed by atoms with E-state index < -0.39 is 22.4 Å². The highest BCUT2D eigenvalue weighted by molar-refractivity contribution is 7.91. The van der Waals surface area contributed by atoms with E-state index in [0.29, 0.717) is 5.69 Å². The Morgan fingerprint density at radius 3 is 2.83 bits per heavy atom. The monoisotopic (exact) mass is 295 g/mol. The molecule has 1 amide bonds. The predicted octanol–water partition coefficient (Wildman–Crippen LogP) is 0.599. The van der Waals surface area contributed by atoms with Crippen LogP contribution in [0.25, 0.3) is 0 Å². The molecule has 18 heavy (non-hydrogen) atoms. The minimum Gasteiger partial charge on any atom is -0.449 e. The van der Waals surface area contributed by atoms with Gasteiger partial charge in [0.2, 0.25) is 0 Å². The number of carbonyl (C=O) groups excluding carboxylic acids is 1. The summed E-state index contributed by atoms with van der Waals surface area (Å²) in [5.41, 5.74) is 0.342. The summed E-state index contributed by atoms with van der Waals surface area (Å²) in [5.74, 6) is 0. The zero-order valence-corrected chi connectivity index (χ0v) is 11.3. The zero-order chi connectivity index (χ0) is 13.8. The number of aromatic nitrogens is 1. The van der Waals surface area contributed by atoms with Gasteiger partial charge in [-0.25, -0.2) is 19.2 Å². The summed E-state index contributed by atoms with van der Waals surface area (Å²) in [6.45, 7) is 3.12. The number of anilines is 1. The Labute approximate surface area is 108 Å². The van der Waals surface area contributed by atoms with Crippen molar-refractivity contribution in [3.8, 4) is 0 Å². The minimum atomic E-state index is -4.08. The summed E-state index contributed by atoms with van der Waals surface area (Å²) < 4.78 is 31.0. The van der Waals surface area contributed by atoms with Gasteiger partial charge in [0.15, 0.2) is 5.13 Å². The van der Waals surface area contributed by atoms with Crippen molar-refractivity contribution in [3.63, 3.8) is 0 Å². The summed E-state index contributed by atoms with van der Waals surface area (Å²) >= 11 is 0.992. The lowest BCUT2D eigenvalue weighted by Crippen LogP contribution is -2.35. The van der Waals surface area contributed by atoms with Crippen LogP contribution in [0.15, 0.2) is 5.38 Å². The number of carbonyl (C=O) groups is 1. The summed E-state index contributed by atoms with van der Waals surface area (Å²) in [4.78, 5) is 14.8. The molecule has 0 aromatic carbocycles. The topological polar surface area (TPSA) is 118 Å². The van der Waals surface area contributed by atoms with Gasteiger partial charge in [-0.3, -0.25) is 0 Å². The van der Waals surface area contributed by atoms with Crippen molar-refractivity contribution in [1.29, 1.82) is 0 Å². The van der Waals surface area contributed by atoms with Crippen LogP contribution in [0.4, 0.5) is 9.93 Å². The molecule has 1 atom stereocenters. The fraction of sp³-hybridized carbons (Fsp3) is 0.500. The van der Waals surface area contributed by atoms with E-state index in [1.54, 1.807) is 11.6 Å². The first-order valence-corrected chi connectivity index (χ1v) is 7.31. The maximum absolute atomic E-state index is 11.4. The molecule has 1 rings (SSSR count). The van der Waals surface area contributed by atoms with E-state index in [4.69, 9.17) is 0 Å². The average Bonchev–Trinajstić information content (AvgIpc) is 2.64. The van der Waals surface area contributed by atoms with E-state index in [1.807, 2.05) is 4.72 Å². The summed E-state index contributed by atoms with van der Waals surface area (Å²) in [6.07, 6.45) is -1.87. The van der Waals surface area contributed by atoms with Crippen molar-refractivity contribution in [3.05, 3.63) is 11.1 Å². The van der Waals surface area contributed by atoms with E-state index in [2.05, 4.69) is 9.72 Å². The van der Waals surface area contributed by atoms with Crippen LogP contribution >= 0.6 is 11.3 Å². The maximum atomic E-state index is 11.4. The number of rotatable bonds is 5. The predicted molar refractivity (Wildman–Crippen MR) is 65.4 cm³/mol. The Bertz CT molecular complexity index is 511. The molecule has 0 spiro atoms. The van der Waals surface area contributed by atoms with E-state index in [0.717, 1.165) is 11.3 Å². The molecule has 0 aliphatic carbocycles. The van der Waals surface area contributed by atoms with Crippen LogP contribution in [0.3, 0.4) is 0 Å². The second kappa shape index (κ2) is 5.98. The lowest BCUT2D eigenvalue weighted by Gasteiger charge is -2.06. The number of aliphatic hydroxyl groups is 1. The number of hydrogen-bond acceptors (Lipinski definition) is 7. The standard InChI is InChI=1S/C8H13N3O5S2/c1-3-16-8(13)11-18(14,15)10-7-9-6(4-17-7)5(2)12/h4-5,12H,3H2,1-2H3,(H,9,10)(H,11,13). The first-order chi connectivity index (χ1) is 8.34. The SMILES string of the molecule is CCOC(=O)NS(=O)(=O)Nc1nc(C(C)O)cs1. The first kappa shape index (κ1) is 14.7. The minimum absolute atomic E-state index is 0.0442. The maximum Gasteiger partial charge on any atom is 0.422 e. The van der Waals surface area contributed by atoms with Crippen molar-refractivity contribution in [2.75, 3.05) is 11.3 Å². The number of nitrogens with one attached hydrogen (secondary N) is 2. The molecule has 0 radical (unpaired) electrons. The lowest BCUT2D eigenvalue weighted by molar-refractivity contribution is 0.158. The molecule has 3 N–H and O–H groups in total. The highest BCUT2D eigenvalue weighted by Gasteiger charge is 2.17. The molecular formula is C8H13N3O5S2. The highest BCUT2D eigenvalue weighted by Crippen LogP contribution is 2.20. The van der Waals surface area contributed by atoms with Gasteiger partial charge in [0.1, 0.15) is 0 Å². The normalized spacial score (nSPS) is 12.8. The van der Waals surface area contributed by atoms with Crippen molar-refractivity contribution >= 4 is 32.8 Å². The molecular weight excluding hydrogens is 282 g/mol. The molecule has 0 bridgehead atoms. The van der Waals surface area contributed by atoms with Gasteiger partial charge in [0.25, 0.3) is 0 Å². The van der Waals surface area contributed by atoms with Crippen LogP contribution in [0.5, 0.6) is 0 Å². The number of hydrogen-bond donors (Lipinski definition) is 3. The van der Waals surface area contributed by atoms with Crippen LogP contribution in [0.2, 0.25) is 0 Å². The third-order valence-electron chi connectivity index (χ3n) is 1.66. The Morgan fingerprint density at radius 2 is 2.33 bits per heavy atom. The molecule has 0 aliphatic rings. The molecule has 10 heteroatoms. The van der Waals surface area contributed by atoms with Crippen molar-refractivity contribution < 1.29 is 23.1 Å². The molecule has 0 aliphatic heterocycles. The summed E-state index contributed by atoms with van der Waals surface area (Å²) in [6, 6.07) is 0. The quantitative estimate of drug-likeness (QED) is 0.732. The van der Waals surface area contributed by atoms with Crippen LogP contribution < -0.4 is 9.44 Å². The number of amides is 1. The van der Waals surface area contributed by atoms with Crippen molar-refractivity contribution in [2.45, 2.75) is 20.0 Å². The van der Waals surface area contributed by atoms with Crippen LogP contribution in [-0.4, -0.2) is 31.2 Å². The van der Waals surface area contributed by atoms with Gasteiger partial charge >= 0.3 is 16.3 Å². The number of thiazole rings is 1. The Hall–Kier alpha value is -1.39. The van der Waals surface area contributed by atoms with Gasteiger partial charge in [0.05, 0.1) is 18.4 Å². The summed E-state index contributed by atoms with van der Waals surface area (Å²) in [7, 11) is -4.08. The second-order valence-corrected chi connectivity index (χ2v) is 5.45. The number of aliphatic hydroxyl groups excluding tert-OH is 1. The van der Waals surface area contributed by atoms with Crippen LogP contribution in [-0.2, 0) is 14.9 Å². The van der Waals surface area contributed by atoms with Gasteiger partial charge in [-0.05, 0) is 13.8 Å². The highest BCUT2D eigenvalue weighted by atomic mass is 32.2. The van der Waals surface area contributed by atoms with Crippen LogP contribution in [0.1, 0.15) is 25.6 Å². The van der Waals surface area contributed by atoms with E-state index in [9.17, 15) is 18.3 Å². The molecule has 1 heterocycles. The van der Waals surface area contributed by atoms with E-state index in [1.165, 1.54) is 12.3 Å². The van der Waals surface area contributed by atoms with Gasteiger partial charge in [0, 0.05) is 5.38 Å². The van der Waals surface area contributed by atoms with Gasteiger partial charge < -0.3 is 9.84 Å². The lowest BCUT2D eigenvalue weighted by atomic mass is 10.3. The fourth-order valence-electron chi connectivity index (χ4n) is 0.936. The smallest absolute Gasteiger partial charge is 0.422 e. The molecule has 0 saturated carbocycles. The molecule has 0 fully saturated rings. The largest absolute Gasteiger partial charge is 0.449 e.